The fourth-order valence-electron chi connectivity index (χ4n) is 5.00. The molecule has 2 aromatic carbocycles. The minimum Gasteiger partial charge on any atom is -0.400 e. The van der Waals surface area contributed by atoms with E-state index in [-0.39, 0.29) is 5.91 Å². The molecule has 0 radical (unpaired) electrons. The van der Waals surface area contributed by atoms with Crippen LogP contribution in [-0.2, 0) is 0 Å². The zero-order valence-electron chi connectivity index (χ0n) is 21.5. The van der Waals surface area contributed by atoms with Gasteiger partial charge in [0.1, 0.15) is 0 Å². The fourth-order valence-corrected chi connectivity index (χ4v) is 5.00. The number of rotatable bonds is 3. The molecule has 0 saturated carbocycles. The van der Waals surface area contributed by atoms with E-state index in [4.69, 9.17) is 5.11 Å². The summed E-state index contributed by atoms with van der Waals surface area (Å²) < 4.78 is 0. The van der Waals surface area contributed by atoms with Crippen molar-refractivity contribution in [2.75, 3.05) is 33.3 Å². The molecule has 3 heterocycles. The summed E-state index contributed by atoms with van der Waals surface area (Å²) in [5.74, 6) is 0.613. The fraction of sp³-hybridized carbons (Fsp3) is 0.400. The molecule has 1 unspecified atom stereocenters. The number of carbonyl (C=O) groups is 1. The second kappa shape index (κ2) is 13.2. The first-order valence-corrected chi connectivity index (χ1v) is 12.7. The molecule has 5 heteroatoms. The first-order valence-electron chi connectivity index (χ1n) is 12.7. The summed E-state index contributed by atoms with van der Waals surface area (Å²) in [7, 11) is 1.00. The number of aliphatic hydroxyl groups is 1. The van der Waals surface area contributed by atoms with Gasteiger partial charge >= 0.3 is 0 Å². The van der Waals surface area contributed by atoms with Crippen molar-refractivity contribution in [3.8, 4) is 11.1 Å². The van der Waals surface area contributed by atoms with Crippen LogP contribution in [-0.4, -0.2) is 65.1 Å². The maximum absolute atomic E-state index is 13.1. The van der Waals surface area contributed by atoms with Gasteiger partial charge in [0.15, 0.2) is 0 Å². The standard InChI is InChI=1S/C27H29N3O.C2H6.CH4O/c1-20-5-4-6-24(17-20)21-7-9-22(10-8-21)25-18-29-15-2-3-16-30(19-26(25)29)27(31)23-11-13-28-14-12-23;2*1-2/h4-14,17,25-26H,2-3,15-16,18-19H2,1H3;1-2H3;2H,1H3/t25-,26?;;/m1../s1. The molecule has 2 saturated heterocycles. The van der Waals surface area contributed by atoms with Gasteiger partial charge in [-0.2, -0.15) is 0 Å². The van der Waals surface area contributed by atoms with Gasteiger partial charge in [-0.25, -0.2) is 0 Å². The van der Waals surface area contributed by atoms with Gasteiger partial charge in [0, 0.05) is 56.7 Å². The smallest absolute Gasteiger partial charge is 0.254 e. The maximum atomic E-state index is 13.1. The highest BCUT2D eigenvalue weighted by atomic mass is 16.2. The monoisotopic (exact) mass is 473 g/mol. The van der Waals surface area contributed by atoms with Crippen molar-refractivity contribution in [1.82, 2.24) is 14.8 Å². The Labute approximate surface area is 210 Å². The summed E-state index contributed by atoms with van der Waals surface area (Å²) in [6.45, 7) is 10.00. The minimum absolute atomic E-state index is 0.129. The van der Waals surface area contributed by atoms with E-state index >= 15 is 0 Å². The molecule has 0 spiro atoms. The van der Waals surface area contributed by atoms with E-state index in [0.717, 1.165) is 51.7 Å². The Balaban J connectivity index is 0.000000815. The van der Waals surface area contributed by atoms with Crippen molar-refractivity contribution in [2.24, 2.45) is 0 Å². The van der Waals surface area contributed by atoms with Crippen LogP contribution in [0.2, 0.25) is 0 Å². The second-order valence-electron chi connectivity index (χ2n) is 8.85. The lowest BCUT2D eigenvalue weighted by atomic mass is 9.81. The highest BCUT2D eigenvalue weighted by Crippen LogP contribution is 2.37. The average Bonchev–Trinajstić information content (AvgIpc) is 2.91. The topological polar surface area (TPSA) is 56.7 Å². The molecule has 3 aromatic rings. The number of benzene rings is 2. The summed E-state index contributed by atoms with van der Waals surface area (Å²) in [6.07, 6.45) is 5.61. The van der Waals surface area contributed by atoms with Crippen LogP contribution >= 0.6 is 0 Å². The molecule has 1 amide bonds. The van der Waals surface area contributed by atoms with E-state index in [0.29, 0.717) is 12.0 Å². The van der Waals surface area contributed by atoms with Gasteiger partial charge in [-0.15, -0.1) is 0 Å². The third-order valence-corrected chi connectivity index (χ3v) is 6.80. The van der Waals surface area contributed by atoms with Crippen molar-refractivity contribution >= 4 is 5.91 Å². The number of aromatic nitrogens is 1. The van der Waals surface area contributed by atoms with E-state index in [1.807, 2.05) is 26.0 Å². The van der Waals surface area contributed by atoms with Crippen LogP contribution in [0.5, 0.6) is 0 Å². The van der Waals surface area contributed by atoms with Crippen LogP contribution in [0.4, 0.5) is 0 Å². The van der Waals surface area contributed by atoms with Crippen LogP contribution in [0.15, 0.2) is 73.1 Å². The van der Waals surface area contributed by atoms with Crippen LogP contribution in [0.3, 0.4) is 0 Å². The molecule has 1 N–H and O–H groups in total. The molecule has 2 aliphatic rings. The number of fused-ring (bicyclic) bond motifs is 1. The van der Waals surface area contributed by atoms with Gasteiger partial charge in [-0.1, -0.05) is 67.9 Å². The van der Waals surface area contributed by atoms with Gasteiger partial charge < -0.3 is 10.0 Å². The lowest BCUT2D eigenvalue weighted by Gasteiger charge is -2.51. The van der Waals surface area contributed by atoms with E-state index in [2.05, 4.69) is 70.2 Å². The summed E-state index contributed by atoms with van der Waals surface area (Å²) in [4.78, 5) is 21.8. The lowest BCUT2D eigenvalue weighted by molar-refractivity contribution is 0.0161. The summed E-state index contributed by atoms with van der Waals surface area (Å²) in [5, 5.41) is 7.00. The Morgan fingerprint density at radius 2 is 1.57 bits per heavy atom. The minimum atomic E-state index is 0.129. The SMILES string of the molecule is CC.CO.Cc1cccc(-c2ccc([C@H]3CN4CCCCN(C(=O)c5ccncc5)CC34)cc2)c1. The number of nitrogens with zero attached hydrogens (tertiary/aromatic N) is 3. The highest BCUT2D eigenvalue weighted by molar-refractivity contribution is 5.94. The summed E-state index contributed by atoms with van der Waals surface area (Å²) in [5.41, 5.74) is 5.93. The summed E-state index contributed by atoms with van der Waals surface area (Å²) in [6, 6.07) is 21.8. The van der Waals surface area contributed by atoms with Crippen molar-refractivity contribution < 1.29 is 9.90 Å². The Bertz CT molecular complexity index is 1050. The van der Waals surface area contributed by atoms with Gasteiger partial charge in [0.05, 0.1) is 0 Å². The van der Waals surface area contributed by atoms with Gasteiger partial charge in [-0.05, 0) is 55.1 Å². The molecule has 0 bridgehead atoms. The molecular formula is C30H39N3O2. The highest BCUT2D eigenvalue weighted by Gasteiger charge is 2.41. The lowest BCUT2D eigenvalue weighted by Crippen LogP contribution is -2.60. The van der Waals surface area contributed by atoms with E-state index < -0.39 is 0 Å². The quantitative estimate of drug-likeness (QED) is 0.554. The van der Waals surface area contributed by atoms with Crippen molar-refractivity contribution in [2.45, 2.75) is 45.6 Å². The van der Waals surface area contributed by atoms with Crippen molar-refractivity contribution in [1.29, 1.82) is 0 Å². The van der Waals surface area contributed by atoms with E-state index in [1.165, 1.54) is 22.3 Å². The molecule has 0 aliphatic carbocycles. The predicted octanol–water partition coefficient (Wildman–Crippen LogP) is 5.40. The van der Waals surface area contributed by atoms with E-state index in [9.17, 15) is 4.79 Å². The third kappa shape index (κ3) is 6.36. The van der Waals surface area contributed by atoms with Crippen molar-refractivity contribution in [3.05, 3.63) is 89.7 Å². The number of aryl methyl sites for hydroxylation is 1. The summed E-state index contributed by atoms with van der Waals surface area (Å²) >= 11 is 0. The van der Waals surface area contributed by atoms with E-state index in [1.54, 1.807) is 12.4 Å². The number of hydrogen-bond acceptors (Lipinski definition) is 4. The third-order valence-electron chi connectivity index (χ3n) is 6.80. The molecule has 35 heavy (non-hydrogen) atoms. The van der Waals surface area contributed by atoms with Crippen LogP contribution < -0.4 is 0 Å². The maximum Gasteiger partial charge on any atom is 0.254 e. The van der Waals surface area contributed by atoms with Gasteiger partial charge in [0.25, 0.3) is 5.91 Å². The largest absolute Gasteiger partial charge is 0.400 e. The van der Waals surface area contributed by atoms with Gasteiger partial charge in [-0.3, -0.25) is 14.7 Å². The molecule has 2 aliphatic heterocycles. The number of hydrogen-bond donors (Lipinski definition) is 1. The molecular weight excluding hydrogens is 434 g/mol. The molecule has 1 aromatic heterocycles. The Hall–Kier alpha value is -3.02. The van der Waals surface area contributed by atoms with Crippen molar-refractivity contribution in [3.63, 3.8) is 0 Å². The van der Waals surface area contributed by atoms with Crippen LogP contribution in [0.1, 0.15) is 54.1 Å². The number of amides is 1. The first-order chi connectivity index (χ1) is 17.2. The molecule has 2 fully saturated rings. The first kappa shape index (κ1) is 26.6. The second-order valence-corrected chi connectivity index (χ2v) is 8.85. The average molecular weight is 474 g/mol. The molecule has 2 atom stereocenters. The molecule has 5 nitrogen and oxygen atoms in total. The van der Waals surface area contributed by atoms with Gasteiger partial charge in [0.2, 0.25) is 0 Å². The Morgan fingerprint density at radius 3 is 2.26 bits per heavy atom. The zero-order valence-corrected chi connectivity index (χ0v) is 21.5. The zero-order chi connectivity index (χ0) is 25.2. The number of pyridine rings is 1. The number of aliphatic hydroxyl groups excluding tert-OH is 1. The van der Waals surface area contributed by atoms with Crippen LogP contribution in [0.25, 0.3) is 11.1 Å². The molecule has 186 valence electrons. The Morgan fingerprint density at radius 1 is 0.886 bits per heavy atom. The number of carbonyl (C=O) groups excluding carboxylic acids is 1. The Kier molecular flexibility index (Phi) is 10.0. The predicted molar refractivity (Wildman–Crippen MR) is 144 cm³/mol. The van der Waals surface area contributed by atoms with Crippen LogP contribution in [0, 0.1) is 6.92 Å². The normalized spacial score (nSPS) is 19.4. The molecule has 5 rings (SSSR count).